The van der Waals surface area contributed by atoms with E-state index in [1.165, 1.54) is 0 Å². The Morgan fingerprint density at radius 1 is 1.10 bits per heavy atom. The first-order chi connectivity index (χ1) is 18.8. The quantitative estimate of drug-likeness (QED) is 0.417. The number of nitrogens with zero attached hydrogens (tertiary/aromatic N) is 2. The second-order valence-electron chi connectivity index (χ2n) is 15.8. The fraction of sp³-hybridized carbons (Fsp3) is 0.833. The van der Waals surface area contributed by atoms with Gasteiger partial charge in [0.05, 0.1) is 12.5 Å². The number of carbonyl (C=O) groups is 5. The van der Waals surface area contributed by atoms with Gasteiger partial charge in [-0.1, -0.05) is 34.6 Å². The Labute approximate surface area is 242 Å². The Kier molecular flexibility index (Phi) is 6.93. The van der Waals surface area contributed by atoms with Gasteiger partial charge in [-0.05, 0) is 75.0 Å². The van der Waals surface area contributed by atoms with E-state index < -0.39 is 41.0 Å². The zero-order valence-corrected chi connectivity index (χ0v) is 25.8. The second-order valence-corrected chi connectivity index (χ2v) is 15.8. The summed E-state index contributed by atoms with van der Waals surface area (Å²) in [6.07, 6.45) is 2.43. The molecule has 2 aliphatic heterocycles. The van der Waals surface area contributed by atoms with Crippen LogP contribution in [0.3, 0.4) is 0 Å². The number of piperidine rings is 1. The summed E-state index contributed by atoms with van der Waals surface area (Å²) < 4.78 is 5.55. The van der Waals surface area contributed by atoms with Crippen molar-refractivity contribution in [1.29, 1.82) is 0 Å². The number of rotatable bonds is 6. The van der Waals surface area contributed by atoms with E-state index in [4.69, 9.17) is 4.74 Å². The molecule has 2 saturated heterocycles. The first-order valence-electron chi connectivity index (χ1n) is 15.0. The molecule has 6 fully saturated rings. The molecule has 11 heteroatoms. The van der Waals surface area contributed by atoms with Crippen molar-refractivity contribution in [3.05, 3.63) is 0 Å². The third-order valence-corrected chi connectivity index (χ3v) is 10.1. The SMILES string of the molecule is CC(C)(C)OC(=O)N(C[C@@H]1CCNC1=O)NC(=O)[C@@H]1[C@@H]2[C@H](CN1C(=O)[C@@H](NC(=O)C13CC(C1)C3)C(C)(C)C)C2(C)C. The van der Waals surface area contributed by atoms with Crippen molar-refractivity contribution in [2.45, 2.75) is 98.8 Å². The van der Waals surface area contributed by atoms with Crippen LogP contribution in [0.4, 0.5) is 4.79 Å². The van der Waals surface area contributed by atoms with Crippen LogP contribution >= 0.6 is 0 Å². The van der Waals surface area contributed by atoms with Gasteiger partial charge in [0.1, 0.15) is 17.7 Å². The zero-order chi connectivity index (χ0) is 30.3. The second kappa shape index (κ2) is 9.59. The number of nitrogens with one attached hydrogen (secondary N) is 3. The van der Waals surface area contributed by atoms with Gasteiger partial charge in [-0.2, -0.15) is 0 Å². The molecule has 6 aliphatic rings. The fourth-order valence-corrected chi connectivity index (χ4v) is 7.39. The van der Waals surface area contributed by atoms with E-state index in [-0.39, 0.29) is 46.9 Å². The predicted molar refractivity (Wildman–Crippen MR) is 150 cm³/mol. The van der Waals surface area contributed by atoms with Gasteiger partial charge in [0.25, 0.3) is 5.91 Å². The van der Waals surface area contributed by atoms with Crippen molar-refractivity contribution in [2.24, 2.45) is 39.9 Å². The molecule has 0 aromatic heterocycles. The van der Waals surface area contributed by atoms with Gasteiger partial charge in [-0.25, -0.2) is 9.80 Å². The van der Waals surface area contributed by atoms with E-state index in [0.717, 1.165) is 24.3 Å². The van der Waals surface area contributed by atoms with Crippen LogP contribution in [0.2, 0.25) is 0 Å². The van der Waals surface area contributed by atoms with Crippen LogP contribution in [0.5, 0.6) is 0 Å². The molecule has 0 aromatic rings. The lowest BCUT2D eigenvalue weighted by Crippen LogP contribution is -2.66. The smallest absolute Gasteiger partial charge is 0.429 e. The number of likely N-dealkylation sites (tertiary alicyclic amines) is 1. The summed E-state index contributed by atoms with van der Waals surface area (Å²) >= 11 is 0. The van der Waals surface area contributed by atoms with E-state index >= 15 is 0 Å². The lowest BCUT2D eigenvalue weighted by atomic mass is 9.44. The van der Waals surface area contributed by atoms with Crippen LogP contribution in [0.1, 0.15) is 81.1 Å². The Hall–Kier alpha value is -2.85. The average molecular weight is 574 g/mol. The number of amides is 5. The number of hydrogen-bond acceptors (Lipinski definition) is 6. The molecule has 4 saturated carbocycles. The highest BCUT2D eigenvalue weighted by Crippen LogP contribution is 2.65. The largest absolute Gasteiger partial charge is 0.442 e. The molecule has 4 aliphatic carbocycles. The van der Waals surface area contributed by atoms with Crippen molar-refractivity contribution in [3.63, 3.8) is 0 Å². The van der Waals surface area contributed by atoms with Gasteiger partial charge < -0.3 is 20.3 Å². The molecule has 11 nitrogen and oxygen atoms in total. The van der Waals surface area contributed by atoms with Gasteiger partial charge in [0.15, 0.2) is 0 Å². The Morgan fingerprint density at radius 3 is 2.22 bits per heavy atom. The third-order valence-electron chi connectivity index (χ3n) is 10.1. The Bertz CT molecular complexity index is 1140. The molecule has 228 valence electrons. The highest BCUT2D eigenvalue weighted by molar-refractivity contribution is 5.96. The third kappa shape index (κ3) is 5.29. The molecular weight excluding hydrogens is 526 g/mol. The summed E-state index contributed by atoms with van der Waals surface area (Å²) in [5.41, 5.74) is 0.875. The summed E-state index contributed by atoms with van der Waals surface area (Å²) in [6, 6.07) is -1.61. The van der Waals surface area contributed by atoms with Crippen LogP contribution in [-0.2, 0) is 23.9 Å². The average Bonchev–Trinajstić information content (AvgIpc) is 3.12. The summed E-state index contributed by atoms with van der Waals surface area (Å²) in [6.45, 7) is 16.0. The molecule has 2 heterocycles. The van der Waals surface area contributed by atoms with Crippen LogP contribution in [0, 0.1) is 39.9 Å². The molecule has 6 rings (SSSR count). The lowest BCUT2D eigenvalue weighted by Gasteiger charge is -2.60. The monoisotopic (exact) mass is 573 g/mol. The number of hydrazine groups is 1. The molecule has 0 spiro atoms. The molecule has 5 amide bonds. The molecule has 5 atom stereocenters. The van der Waals surface area contributed by atoms with E-state index in [2.05, 4.69) is 29.9 Å². The van der Waals surface area contributed by atoms with Gasteiger partial charge >= 0.3 is 6.09 Å². The van der Waals surface area contributed by atoms with Crippen molar-refractivity contribution in [2.75, 3.05) is 19.6 Å². The van der Waals surface area contributed by atoms with Gasteiger partial charge in [-0.15, -0.1) is 0 Å². The van der Waals surface area contributed by atoms with Crippen molar-refractivity contribution in [1.82, 2.24) is 26.0 Å². The highest BCUT2D eigenvalue weighted by atomic mass is 16.6. The minimum Gasteiger partial charge on any atom is -0.442 e. The minimum atomic E-state index is -0.818. The summed E-state index contributed by atoms with van der Waals surface area (Å²) in [4.78, 5) is 68.5. The number of ether oxygens (including phenoxy) is 1. The van der Waals surface area contributed by atoms with E-state index in [1.807, 2.05) is 20.8 Å². The molecular formula is C30H47N5O6. The Morgan fingerprint density at radius 2 is 1.73 bits per heavy atom. The van der Waals surface area contributed by atoms with Crippen molar-refractivity contribution >= 4 is 29.7 Å². The van der Waals surface area contributed by atoms with Crippen molar-refractivity contribution in [3.8, 4) is 0 Å². The normalized spacial score (nSPS) is 33.4. The molecule has 0 aromatic carbocycles. The van der Waals surface area contributed by atoms with Gasteiger partial charge in [0.2, 0.25) is 17.7 Å². The van der Waals surface area contributed by atoms with Crippen LogP contribution in [0.15, 0.2) is 0 Å². The van der Waals surface area contributed by atoms with Crippen LogP contribution < -0.4 is 16.1 Å². The first-order valence-corrected chi connectivity index (χ1v) is 15.0. The molecule has 0 radical (unpaired) electrons. The predicted octanol–water partition coefficient (Wildman–Crippen LogP) is 2.20. The molecule has 3 N–H and O–H groups in total. The molecule has 2 bridgehead atoms. The standard InChI is InChI=1S/C30H47N5O6/c1-27(2,3)21(32-25(39)30-11-16(12-30)13-30)24(38)34-15-18-19(29(18,7)8)20(34)23(37)33-35(26(40)41-28(4,5)6)14-17-9-10-31-22(17)36/h16-21H,9-15H2,1-8H3,(H,31,36)(H,32,39)(H,33,37)/t16?,17-,18-,19-,20-,21+,30?/m0/s1. The maximum Gasteiger partial charge on any atom is 0.429 e. The van der Waals surface area contributed by atoms with E-state index in [1.54, 1.807) is 25.7 Å². The Balaban J connectivity index is 1.36. The zero-order valence-electron chi connectivity index (χ0n) is 25.8. The van der Waals surface area contributed by atoms with Gasteiger partial charge in [-0.3, -0.25) is 24.6 Å². The van der Waals surface area contributed by atoms with E-state index in [9.17, 15) is 24.0 Å². The van der Waals surface area contributed by atoms with Crippen LogP contribution in [0.25, 0.3) is 0 Å². The number of hydrogen-bond donors (Lipinski definition) is 3. The van der Waals surface area contributed by atoms with E-state index in [0.29, 0.717) is 25.4 Å². The fourth-order valence-electron chi connectivity index (χ4n) is 7.39. The first kappa shape index (κ1) is 29.6. The molecule has 0 unspecified atom stereocenters. The van der Waals surface area contributed by atoms with Crippen LogP contribution in [-0.4, -0.2) is 76.9 Å². The summed E-state index contributed by atoms with van der Waals surface area (Å²) in [7, 11) is 0. The maximum absolute atomic E-state index is 14.2. The van der Waals surface area contributed by atoms with Crippen molar-refractivity contribution < 1.29 is 28.7 Å². The van der Waals surface area contributed by atoms with Gasteiger partial charge in [0, 0.05) is 18.5 Å². The number of fused-ring (bicyclic) bond motifs is 1. The molecule has 41 heavy (non-hydrogen) atoms. The lowest BCUT2D eigenvalue weighted by molar-refractivity contribution is -0.168. The maximum atomic E-state index is 14.2. The highest BCUT2D eigenvalue weighted by Gasteiger charge is 2.70. The topological polar surface area (TPSA) is 137 Å². The summed E-state index contributed by atoms with van der Waals surface area (Å²) in [5, 5.41) is 6.92. The number of carbonyl (C=O) groups excluding carboxylic acids is 5. The minimum absolute atomic E-state index is 0.0333. The summed E-state index contributed by atoms with van der Waals surface area (Å²) in [5.74, 6) is -0.812.